The average molecular weight is 329 g/mol. The minimum atomic E-state index is -0.165. The summed E-state index contributed by atoms with van der Waals surface area (Å²) >= 11 is 0. The van der Waals surface area contributed by atoms with Crippen LogP contribution >= 0.6 is 0 Å². The molecule has 3 fully saturated rings. The summed E-state index contributed by atoms with van der Waals surface area (Å²) in [5.74, 6) is 0.398. The Morgan fingerprint density at radius 2 is 2.12 bits per heavy atom. The summed E-state index contributed by atoms with van der Waals surface area (Å²) in [7, 11) is 0. The maximum Gasteiger partial charge on any atom is 0.410 e. The molecule has 0 radical (unpaired) electrons. The number of fused-ring (bicyclic) bond motifs is 1. The van der Waals surface area contributed by atoms with Crippen molar-refractivity contribution in [2.24, 2.45) is 5.92 Å². The van der Waals surface area contributed by atoms with Crippen LogP contribution in [-0.4, -0.2) is 35.3 Å². The Bertz CT molecular complexity index is 590. The monoisotopic (exact) mass is 329 g/mol. The highest BCUT2D eigenvalue weighted by atomic mass is 16.6. The predicted octanol–water partition coefficient (Wildman–Crippen LogP) is 4.14. The number of amides is 1. The fourth-order valence-corrected chi connectivity index (χ4v) is 4.78. The van der Waals surface area contributed by atoms with Gasteiger partial charge < -0.3 is 14.4 Å². The van der Waals surface area contributed by atoms with Gasteiger partial charge in [0, 0.05) is 18.5 Å². The average Bonchev–Trinajstić information content (AvgIpc) is 3.20. The normalized spacial score (nSPS) is 33.0. The summed E-state index contributed by atoms with van der Waals surface area (Å²) in [6.07, 6.45) is 7.22. The van der Waals surface area contributed by atoms with E-state index in [4.69, 9.17) is 9.47 Å². The Morgan fingerprint density at radius 3 is 2.83 bits per heavy atom. The molecule has 2 aliphatic heterocycles. The molecule has 24 heavy (non-hydrogen) atoms. The van der Waals surface area contributed by atoms with Gasteiger partial charge in [0.15, 0.2) is 0 Å². The van der Waals surface area contributed by atoms with E-state index in [1.165, 1.54) is 19.3 Å². The number of carbonyl (C=O) groups is 1. The third-order valence-electron chi connectivity index (χ3n) is 6.22. The van der Waals surface area contributed by atoms with Crippen molar-refractivity contribution in [3.8, 4) is 0 Å². The molecule has 4 rings (SSSR count). The topological polar surface area (TPSA) is 42.1 Å². The van der Waals surface area contributed by atoms with Crippen molar-refractivity contribution in [1.29, 1.82) is 0 Å². The van der Waals surface area contributed by atoms with Crippen molar-refractivity contribution >= 4 is 6.09 Å². The second kappa shape index (κ2) is 6.40. The summed E-state index contributed by atoms with van der Waals surface area (Å²) in [5.41, 5.74) is 1.09. The molecular formula is C20H27NO3. The second-order valence-corrected chi connectivity index (χ2v) is 7.54. The first-order chi connectivity index (χ1) is 11.7. The van der Waals surface area contributed by atoms with Gasteiger partial charge in [0.1, 0.15) is 6.61 Å². The highest BCUT2D eigenvalue weighted by Crippen LogP contribution is 2.56. The van der Waals surface area contributed by atoms with Crippen molar-refractivity contribution in [1.82, 2.24) is 4.90 Å². The SMILES string of the molecule is C[C@H]([C@H]1CCCCN1C(=O)OCc1ccccc1)C12CCCC1O2. The van der Waals surface area contributed by atoms with Gasteiger partial charge in [-0.2, -0.15) is 0 Å². The van der Waals surface area contributed by atoms with Gasteiger partial charge in [-0.05, 0) is 44.1 Å². The number of benzene rings is 1. The highest BCUT2D eigenvalue weighted by Gasteiger charge is 2.64. The third-order valence-corrected chi connectivity index (χ3v) is 6.22. The van der Waals surface area contributed by atoms with Crippen LogP contribution in [0.2, 0.25) is 0 Å². The lowest BCUT2D eigenvalue weighted by Crippen LogP contribution is -2.50. The van der Waals surface area contributed by atoms with Crippen LogP contribution in [0.4, 0.5) is 4.79 Å². The highest BCUT2D eigenvalue weighted by molar-refractivity contribution is 5.68. The first-order valence-corrected chi connectivity index (χ1v) is 9.36. The summed E-state index contributed by atoms with van der Waals surface area (Å²) in [6.45, 7) is 3.43. The number of likely N-dealkylation sites (tertiary alicyclic amines) is 1. The predicted molar refractivity (Wildman–Crippen MR) is 91.6 cm³/mol. The molecule has 130 valence electrons. The maximum atomic E-state index is 12.7. The molecule has 3 aliphatic rings. The van der Waals surface area contributed by atoms with Gasteiger partial charge in [-0.1, -0.05) is 37.3 Å². The molecule has 4 heteroatoms. The van der Waals surface area contributed by atoms with E-state index in [0.717, 1.165) is 31.4 Å². The first kappa shape index (κ1) is 15.9. The van der Waals surface area contributed by atoms with Gasteiger partial charge >= 0.3 is 6.09 Å². The molecule has 2 heterocycles. The molecule has 2 saturated heterocycles. The van der Waals surface area contributed by atoms with Gasteiger partial charge in [0.05, 0.1) is 11.7 Å². The number of hydrogen-bond donors (Lipinski definition) is 0. The Labute approximate surface area is 144 Å². The number of rotatable bonds is 4. The molecule has 1 aromatic carbocycles. The van der Waals surface area contributed by atoms with Crippen molar-refractivity contribution in [3.05, 3.63) is 35.9 Å². The van der Waals surface area contributed by atoms with Crippen LogP contribution in [0.15, 0.2) is 30.3 Å². The molecule has 1 aromatic rings. The number of epoxide rings is 1. The molecule has 0 N–H and O–H groups in total. The van der Waals surface area contributed by atoms with Gasteiger partial charge in [-0.3, -0.25) is 0 Å². The lowest BCUT2D eigenvalue weighted by molar-refractivity contribution is 0.0355. The fraction of sp³-hybridized carbons (Fsp3) is 0.650. The van der Waals surface area contributed by atoms with Crippen molar-refractivity contribution < 1.29 is 14.3 Å². The Morgan fingerprint density at radius 1 is 1.29 bits per heavy atom. The van der Waals surface area contributed by atoms with Crippen molar-refractivity contribution in [2.45, 2.75) is 69.8 Å². The number of carbonyl (C=O) groups excluding carboxylic acids is 1. The van der Waals surface area contributed by atoms with Crippen LogP contribution in [0.1, 0.15) is 51.0 Å². The minimum Gasteiger partial charge on any atom is -0.445 e. The van der Waals surface area contributed by atoms with E-state index in [1.54, 1.807) is 0 Å². The summed E-state index contributed by atoms with van der Waals surface area (Å²) in [6, 6.07) is 10.1. The van der Waals surface area contributed by atoms with Crippen LogP contribution in [0, 0.1) is 5.92 Å². The number of ether oxygens (including phenoxy) is 2. The maximum absolute atomic E-state index is 12.7. The van der Waals surface area contributed by atoms with Crippen LogP contribution in [-0.2, 0) is 16.1 Å². The zero-order chi connectivity index (χ0) is 16.6. The summed E-state index contributed by atoms with van der Waals surface area (Å²) < 4.78 is 11.6. The Kier molecular flexibility index (Phi) is 4.25. The smallest absolute Gasteiger partial charge is 0.410 e. The zero-order valence-electron chi connectivity index (χ0n) is 14.4. The Balaban J connectivity index is 1.41. The van der Waals surface area contributed by atoms with E-state index in [0.29, 0.717) is 18.6 Å². The summed E-state index contributed by atoms with van der Waals surface area (Å²) in [4.78, 5) is 14.7. The molecule has 1 saturated carbocycles. The van der Waals surface area contributed by atoms with Crippen LogP contribution in [0.25, 0.3) is 0 Å². The van der Waals surface area contributed by atoms with E-state index in [2.05, 4.69) is 6.92 Å². The lowest BCUT2D eigenvalue weighted by atomic mass is 9.81. The molecular weight excluding hydrogens is 302 g/mol. The van der Waals surface area contributed by atoms with Crippen molar-refractivity contribution in [3.63, 3.8) is 0 Å². The first-order valence-electron chi connectivity index (χ1n) is 9.36. The summed E-state index contributed by atoms with van der Waals surface area (Å²) in [5, 5.41) is 0. The van der Waals surface area contributed by atoms with E-state index in [-0.39, 0.29) is 17.7 Å². The largest absolute Gasteiger partial charge is 0.445 e. The van der Waals surface area contributed by atoms with Crippen molar-refractivity contribution in [2.75, 3.05) is 6.54 Å². The van der Waals surface area contributed by atoms with Gasteiger partial charge in [0.2, 0.25) is 0 Å². The lowest BCUT2D eigenvalue weighted by Gasteiger charge is -2.40. The minimum absolute atomic E-state index is 0.0555. The van der Waals surface area contributed by atoms with Gasteiger partial charge in [-0.15, -0.1) is 0 Å². The second-order valence-electron chi connectivity index (χ2n) is 7.54. The molecule has 0 spiro atoms. The fourth-order valence-electron chi connectivity index (χ4n) is 4.78. The Hall–Kier alpha value is -1.55. The molecule has 2 unspecified atom stereocenters. The molecule has 1 amide bonds. The van der Waals surface area contributed by atoms with E-state index in [9.17, 15) is 4.79 Å². The van der Waals surface area contributed by atoms with Crippen LogP contribution < -0.4 is 0 Å². The van der Waals surface area contributed by atoms with Crippen LogP contribution in [0.3, 0.4) is 0 Å². The number of piperidine rings is 1. The quantitative estimate of drug-likeness (QED) is 0.780. The van der Waals surface area contributed by atoms with Gasteiger partial charge in [-0.25, -0.2) is 4.79 Å². The van der Waals surface area contributed by atoms with Gasteiger partial charge in [0.25, 0.3) is 0 Å². The number of nitrogens with zero attached hydrogens (tertiary/aromatic N) is 1. The number of hydrogen-bond acceptors (Lipinski definition) is 3. The van der Waals surface area contributed by atoms with Crippen LogP contribution in [0.5, 0.6) is 0 Å². The zero-order valence-corrected chi connectivity index (χ0v) is 14.4. The molecule has 4 nitrogen and oxygen atoms in total. The standard InChI is InChI=1S/C20H27NO3/c1-15(20-12-7-11-18(20)24-20)17-10-5-6-13-21(17)19(22)23-14-16-8-3-2-4-9-16/h2-4,8-9,15,17-18H,5-7,10-14H2,1H3/t15-,17-,18?,20?/m1/s1. The van der Waals surface area contributed by atoms with E-state index >= 15 is 0 Å². The molecule has 0 bridgehead atoms. The van der Waals surface area contributed by atoms with E-state index in [1.807, 2.05) is 35.2 Å². The molecule has 1 aliphatic carbocycles. The molecule has 4 atom stereocenters. The molecule has 0 aromatic heterocycles. The third kappa shape index (κ3) is 2.81. The van der Waals surface area contributed by atoms with E-state index < -0.39 is 0 Å².